The molecule has 1 unspecified atom stereocenters. The first-order valence-corrected chi connectivity index (χ1v) is 8.82. The van der Waals surface area contributed by atoms with Gasteiger partial charge in [-0.2, -0.15) is 0 Å². The molecule has 1 aliphatic heterocycles. The number of aromatic hydroxyl groups is 1. The first-order valence-electron chi connectivity index (χ1n) is 8.82. The second kappa shape index (κ2) is 6.76. The summed E-state index contributed by atoms with van der Waals surface area (Å²) in [6.07, 6.45) is 1.78. The zero-order valence-corrected chi connectivity index (χ0v) is 15.1. The van der Waals surface area contributed by atoms with E-state index in [1.54, 1.807) is 38.2 Å². The van der Waals surface area contributed by atoms with Crippen LogP contribution in [0, 0.1) is 0 Å². The van der Waals surface area contributed by atoms with Crippen molar-refractivity contribution >= 4 is 16.9 Å². The molecule has 0 spiro atoms. The molecule has 1 atom stereocenters. The van der Waals surface area contributed by atoms with Crippen molar-refractivity contribution in [2.45, 2.75) is 19.8 Å². The van der Waals surface area contributed by atoms with Gasteiger partial charge in [-0.3, -0.25) is 4.98 Å². The number of ether oxygens (including phenoxy) is 2. The summed E-state index contributed by atoms with van der Waals surface area (Å²) in [6.45, 7) is 3.79. The van der Waals surface area contributed by atoms with Gasteiger partial charge >= 0.3 is 5.97 Å². The number of phenols is 1. The number of phenolic OH excluding ortho intramolecular Hbond substituents is 1. The van der Waals surface area contributed by atoms with E-state index in [4.69, 9.17) is 9.47 Å². The van der Waals surface area contributed by atoms with Crippen LogP contribution in [0.25, 0.3) is 10.9 Å². The molecule has 27 heavy (non-hydrogen) atoms. The lowest BCUT2D eigenvalue weighted by Crippen LogP contribution is -2.23. The predicted octanol–water partition coefficient (Wildman–Crippen LogP) is 4.30. The van der Waals surface area contributed by atoms with Crippen molar-refractivity contribution in [3.8, 4) is 11.5 Å². The molecule has 0 amide bonds. The van der Waals surface area contributed by atoms with Crippen molar-refractivity contribution in [1.29, 1.82) is 0 Å². The summed E-state index contributed by atoms with van der Waals surface area (Å²) in [7, 11) is 0. The fourth-order valence-corrected chi connectivity index (χ4v) is 3.49. The third-order valence-electron chi connectivity index (χ3n) is 4.68. The molecule has 0 radical (unpaired) electrons. The van der Waals surface area contributed by atoms with Gasteiger partial charge in [0.05, 0.1) is 17.7 Å². The van der Waals surface area contributed by atoms with E-state index in [0.29, 0.717) is 17.1 Å². The van der Waals surface area contributed by atoms with Crippen LogP contribution in [0.3, 0.4) is 0 Å². The van der Waals surface area contributed by atoms with Crippen molar-refractivity contribution < 1.29 is 19.4 Å². The summed E-state index contributed by atoms with van der Waals surface area (Å²) in [4.78, 5) is 17.2. The Hall–Kier alpha value is -3.34. The number of aromatic nitrogens is 1. The van der Waals surface area contributed by atoms with E-state index >= 15 is 0 Å². The minimum Gasteiger partial charge on any atom is -0.508 e. The summed E-state index contributed by atoms with van der Waals surface area (Å²) < 4.78 is 11.1. The third kappa shape index (κ3) is 3.01. The Morgan fingerprint density at radius 3 is 2.85 bits per heavy atom. The number of fused-ring (bicyclic) bond motifs is 2. The maximum atomic E-state index is 12.7. The van der Waals surface area contributed by atoms with Crippen LogP contribution in [0.15, 0.2) is 66.1 Å². The Morgan fingerprint density at radius 2 is 2.04 bits per heavy atom. The molecule has 0 saturated carbocycles. The number of carbonyl (C=O) groups is 1. The smallest absolute Gasteiger partial charge is 0.338 e. The molecule has 0 bridgehead atoms. The Bertz CT molecular complexity index is 1070. The molecule has 1 aromatic heterocycles. The highest BCUT2D eigenvalue weighted by molar-refractivity contribution is 5.93. The SMILES string of the molecule is CCOC(=O)C1=C(C)Oc2cc(O)ccc2C1c1cnc2ccccc2c1. The highest BCUT2D eigenvalue weighted by Gasteiger charge is 2.35. The highest BCUT2D eigenvalue weighted by atomic mass is 16.5. The molecule has 0 saturated heterocycles. The highest BCUT2D eigenvalue weighted by Crippen LogP contribution is 2.44. The molecule has 5 nitrogen and oxygen atoms in total. The number of para-hydroxylation sites is 1. The molecule has 3 aromatic rings. The number of nitrogens with zero attached hydrogens (tertiary/aromatic N) is 1. The lowest BCUT2D eigenvalue weighted by atomic mass is 9.82. The maximum absolute atomic E-state index is 12.7. The zero-order chi connectivity index (χ0) is 19.0. The lowest BCUT2D eigenvalue weighted by Gasteiger charge is -2.29. The van der Waals surface area contributed by atoms with Crippen LogP contribution < -0.4 is 4.74 Å². The summed E-state index contributed by atoms with van der Waals surface area (Å²) in [5.74, 6) is 0.303. The van der Waals surface area contributed by atoms with Crippen molar-refractivity contribution in [1.82, 2.24) is 4.98 Å². The number of hydrogen-bond donors (Lipinski definition) is 1. The van der Waals surface area contributed by atoms with E-state index in [1.807, 2.05) is 30.3 Å². The van der Waals surface area contributed by atoms with Crippen LogP contribution in [0.1, 0.15) is 30.9 Å². The van der Waals surface area contributed by atoms with E-state index in [9.17, 15) is 9.90 Å². The van der Waals surface area contributed by atoms with Gasteiger partial charge in [0.2, 0.25) is 0 Å². The van der Waals surface area contributed by atoms with Crippen LogP contribution in [-0.4, -0.2) is 22.7 Å². The van der Waals surface area contributed by atoms with E-state index in [-0.39, 0.29) is 18.3 Å². The average molecular weight is 361 g/mol. The number of hydrogen-bond acceptors (Lipinski definition) is 5. The first-order chi connectivity index (χ1) is 13.1. The predicted molar refractivity (Wildman–Crippen MR) is 102 cm³/mol. The van der Waals surface area contributed by atoms with Gasteiger partial charge in [-0.15, -0.1) is 0 Å². The van der Waals surface area contributed by atoms with Gasteiger partial charge in [0, 0.05) is 29.1 Å². The summed E-state index contributed by atoms with van der Waals surface area (Å²) in [5.41, 5.74) is 3.00. The van der Waals surface area contributed by atoms with Crippen LogP contribution in [0.4, 0.5) is 0 Å². The van der Waals surface area contributed by atoms with E-state index in [1.165, 1.54) is 0 Å². The van der Waals surface area contributed by atoms with E-state index in [2.05, 4.69) is 4.98 Å². The Labute approximate surface area is 156 Å². The second-order valence-corrected chi connectivity index (χ2v) is 6.41. The van der Waals surface area contributed by atoms with Crippen molar-refractivity contribution in [3.05, 3.63) is 77.2 Å². The second-order valence-electron chi connectivity index (χ2n) is 6.41. The Morgan fingerprint density at radius 1 is 1.22 bits per heavy atom. The molecule has 0 aliphatic carbocycles. The molecular weight excluding hydrogens is 342 g/mol. The van der Waals surface area contributed by atoms with Crippen LogP contribution in [0.5, 0.6) is 11.5 Å². The number of rotatable bonds is 3. The Balaban J connectivity index is 1.93. The van der Waals surface area contributed by atoms with Gasteiger partial charge < -0.3 is 14.6 Å². The van der Waals surface area contributed by atoms with Gasteiger partial charge in [-0.05, 0) is 37.6 Å². The number of esters is 1. The number of allylic oxidation sites excluding steroid dienone is 1. The van der Waals surface area contributed by atoms with E-state index in [0.717, 1.165) is 22.0 Å². The minimum atomic E-state index is -0.410. The summed E-state index contributed by atoms with van der Waals surface area (Å²) >= 11 is 0. The molecule has 4 rings (SSSR count). The number of benzene rings is 2. The number of pyridine rings is 1. The van der Waals surface area contributed by atoms with Crippen LogP contribution >= 0.6 is 0 Å². The van der Waals surface area contributed by atoms with Gasteiger partial charge in [0.25, 0.3) is 0 Å². The van der Waals surface area contributed by atoms with Crippen molar-refractivity contribution in [3.63, 3.8) is 0 Å². The maximum Gasteiger partial charge on any atom is 0.338 e. The Kier molecular flexibility index (Phi) is 4.28. The third-order valence-corrected chi connectivity index (χ3v) is 4.68. The van der Waals surface area contributed by atoms with Gasteiger partial charge in [-0.25, -0.2) is 4.79 Å². The fourth-order valence-electron chi connectivity index (χ4n) is 3.49. The molecule has 2 aromatic carbocycles. The quantitative estimate of drug-likeness (QED) is 0.705. The van der Waals surface area contributed by atoms with Gasteiger partial charge in [0.15, 0.2) is 0 Å². The van der Waals surface area contributed by atoms with Gasteiger partial charge in [0.1, 0.15) is 17.3 Å². The standard InChI is InChI=1S/C22H19NO4/c1-3-26-22(25)20-13(2)27-19-11-16(24)8-9-17(19)21(20)15-10-14-6-4-5-7-18(14)23-12-15/h4-12,21,24H,3H2,1-2H3. The first kappa shape index (κ1) is 17.1. The van der Waals surface area contributed by atoms with Crippen molar-refractivity contribution in [2.24, 2.45) is 0 Å². The van der Waals surface area contributed by atoms with E-state index < -0.39 is 5.97 Å². The molecule has 2 heterocycles. The van der Waals surface area contributed by atoms with Crippen LogP contribution in [0.2, 0.25) is 0 Å². The topological polar surface area (TPSA) is 68.7 Å². The minimum absolute atomic E-state index is 0.108. The molecule has 1 aliphatic rings. The molecule has 1 N–H and O–H groups in total. The molecule has 0 fully saturated rings. The normalized spacial score (nSPS) is 16.0. The van der Waals surface area contributed by atoms with Gasteiger partial charge in [-0.1, -0.05) is 24.3 Å². The molecular formula is C22H19NO4. The lowest BCUT2D eigenvalue weighted by molar-refractivity contribution is -0.139. The monoisotopic (exact) mass is 361 g/mol. The number of carbonyl (C=O) groups excluding carboxylic acids is 1. The molecule has 5 heteroatoms. The van der Waals surface area contributed by atoms with Crippen LogP contribution in [-0.2, 0) is 9.53 Å². The summed E-state index contributed by atoms with van der Waals surface area (Å²) in [6, 6.07) is 14.8. The fraction of sp³-hybridized carbons (Fsp3) is 0.182. The van der Waals surface area contributed by atoms with Crippen molar-refractivity contribution in [2.75, 3.05) is 6.61 Å². The molecule has 136 valence electrons. The summed E-state index contributed by atoms with van der Waals surface area (Å²) in [5, 5.41) is 10.8. The zero-order valence-electron chi connectivity index (χ0n) is 15.1. The average Bonchev–Trinajstić information content (AvgIpc) is 2.66. The largest absolute Gasteiger partial charge is 0.508 e.